The van der Waals surface area contributed by atoms with Crippen LogP contribution in [0.15, 0.2) is 12.3 Å². The van der Waals surface area contributed by atoms with Gasteiger partial charge in [-0.15, -0.1) is 5.10 Å². The molecule has 0 aliphatic carbocycles. The van der Waals surface area contributed by atoms with Gasteiger partial charge in [0.2, 0.25) is 5.88 Å². The van der Waals surface area contributed by atoms with E-state index in [1.54, 1.807) is 6.07 Å². The van der Waals surface area contributed by atoms with Crippen molar-refractivity contribution in [3.63, 3.8) is 0 Å². The average Bonchev–Trinajstić information content (AvgIpc) is 2.18. The summed E-state index contributed by atoms with van der Waals surface area (Å²) in [6.07, 6.45) is 1.50. The number of rotatable bonds is 4. The van der Waals surface area contributed by atoms with Crippen molar-refractivity contribution in [1.29, 1.82) is 5.41 Å². The number of aromatic nitrogens is 2. The van der Waals surface area contributed by atoms with Crippen LogP contribution in [-0.4, -0.2) is 22.1 Å². The van der Waals surface area contributed by atoms with Crippen LogP contribution in [-0.2, 0) is 0 Å². The summed E-state index contributed by atoms with van der Waals surface area (Å²) in [5, 5.41) is 14.9. The van der Waals surface area contributed by atoms with E-state index in [9.17, 15) is 0 Å². The minimum atomic E-state index is -0.0594. The van der Waals surface area contributed by atoms with Crippen LogP contribution in [0.5, 0.6) is 5.88 Å². The molecule has 3 N–H and O–H groups in total. The van der Waals surface area contributed by atoms with Gasteiger partial charge in [-0.25, -0.2) is 0 Å². The Morgan fingerprint density at radius 2 is 2.13 bits per heavy atom. The summed E-state index contributed by atoms with van der Waals surface area (Å²) in [5.74, 6) is 0.633. The lowest BCUT2D eigenvalue weighted by Gasteiger charge is -2.18. The van der Waals surface area contributed by atoms with Gasteiger partial charge in [-0.2, -0.15) is 5.10 Å². The van der Waals surface area contributed by atoms with Gasteiger partial charge in [0.05, 0.1) is 17.9 Å². The third kappa shape index (κ3) is 2.90. The summed E-state index contributed by atoms with van der Waals surface area (Å²) >= 11 is 0. The lowest BCUT2D eigenvalue weighted by Crippen LogP contribution is -2.22. The molecule has 15 heavy (non-hydrogen) atoms. The minimum absolute atomic E-state index is 0.0137. The number of hydrogen-bond donors (Lipinski definition) is 2. The fraction of sp³-hybridized carbons (Fsp3) is 0.500. The third-order valence-corrected chi connectivity index (χ3v) is 2.21. The molecule has 0 aromatic carbocycles. The van der Waals surface area contributed by atoms with Crippen LogP contribution in [0.25, 0.3) is 0 Å². The molecular formula is C10H16N4O. The number of nitrogens with zero attached hydrogens (tertiary/aromatic N) is 2. The summed E-state index contributed by atoms with van der Waals surface area (Å²) in [4.78, 5) is 0. The standard InChI is InChI=1S/C10H16N4O/c1-6(2)7(3)15-10-8(9(11)12)4-5-13-14-10/h4-7H,1-3H3,(H3,11,12). The lowest BCUT2D eigenvalue weighted by atomic mass is 10.1. The quantitative estimate of drug-likeness (QED) is 0.574. The molecule has 0 radical (unpaired) electrons. The Labute approximate surface area is 89.2 Å². The molecule has 0 amide bonds. The predicted octanol–water partition coefficient (Wildman–Crippen LogP) is 1.18. The first-order valence-electron chi connectivity index (χ1n) is 4.85. The SMILES string of the molecule is CC(C)C(C)Oc1nnccc1C(=N)N. The van der Waals surface area contributed by atoms with Crippen molar-refractivity contribution >= 4 is 5.84 Å². The molecule has 1 unspecified atom stereocenters. The molecule has 0 aliphatic heterocycles. The molecule has 0 fully saturated rings. The van der Waals surface area contributed by atoms with Crippen molar-refractivity contribution in [2.24, 2.45) is 11.7 Å². The van der Waals surface area contributed by atoms with Crippen molar-refractivity contribution in [3.05, 3.63) is 17.8 Å². The Morgan fingerprint density at radius 1 is 1.47 bits per heavy atom. The van der Waals surface area contributed by atoms with E-state index in [1.165, 1.54) is 6.20 Å². The highest BCUT2D eigenvalue weighted by atomic mass is 16.5. The first kappa shape index (κ1) is 11.4. The van der Waals surface area contributed by atoms with Crippen molar-refractivity contribution < 1.29 is 4.74 Å². The minimum Gasteiger partial charge on any atom is -0.473 e. The van der Waals surface area contributed by atoms with Crippen LogP contribution < -0.4 is 10.5 Å². The number of nitrogens with one attached hydrogen (secondary N) is 1. The van der Waals surface area contributed by atoms with E-state index in [2.05, 4.69) is 24.0 Å². The highest BCUT2D eigenvalue weighted by molar-refractivity contribution is 5.96. The van der Waals surface area contributed by atoms with Crippen LogP contribution in [0.2, 0.25) is 0 Å². The van der Waals surface area contributed by atoms with Gasteiger partial charge in [0.1, 0.15) is 5.84 Å². The average molecular weight is 208 g/mol. The number of amidine groups is 1. The molecule has 1 aromatic heterocycles. The van der Waals surface area contributed by atoms with Crippen molar-refractivity contribution in [3.8, 4) is 5.88 Å². The molecule has 0 saturated heterocycles. The molecule has 0 saturated carbocycles. The maximum atomic E-state index is 7.36. The zero-order chi connectivity index (χ0) is 11.4. The van der Waals surface area contributed by atoms with Gasteiger partial charge in [0, 0.05) is 0 Å². The molecule has 5 heteroatoms. The first-order valence-corrected chi connectivity index (χ1v) is 4.85. The normalized spacial score (nSPS) is 12.5. The zero-order valence-corrected chi connectivity index (χ0v) is 9.19. The Kier molecular flexibility index (Phi) is 3.60. The van der Waals surface area contributed by atoms with E-state index in [4.69, 9.17) is 15.9 Å². The molecule has 82 valence electrons. The lowest BCUT2D eigenvalue weighted by molar-refractivity contribution is 0.161. The van der Waals surface area contributed by atoms with Gasteiger partial charge in [0.15, 0.2) is 0 Å². The monoisotopic (exact) mass is 208 g/mol. The Balaban J connectivity index is 2.89. The smallest absolute Gasteiger partial charge is 0.244 e. The topological polar surface area (TPSA) is 84.9 Å². The van der Waals surface area contributed by atoms with Crippen LogP contribution >= 0.6 is 0 Å². The molecule has 0 aliphatic rings. The Hall–Kier alpha value is -1.65. The third-order valence-electron chi connectivity index (χ3n) is 2.21. The second-order valence-corrected chi connectivity index (χ2v) is 3.73. The molecule has 1 atom stereocenters. The highest BCUT2D eigenvalue weighted by Gasteiger charge is 2.14. The van der Waals surface area contributed by atoms with Crippen LogP contribution in [0.3, 0.4) is 0 Å². The summed E-state index contributed by atoms with van der Waals surface area (Å²) in [5.41, 5.74) is 5.89. The second kappa shape index (κ2) is 4.72. The van der Waals surface area contributed by atoms with Crippen LogP contribution in [0, 0.1) is 11.3 Å². The fourth-order valence-corrected chi connectivity index (χ4v) is 0.923. The number of nitrogens with two attached hydrogens (primary N) is 1. The molecule has 1 rings (SSSR count). The Bertz CT molecular complexity index is 351. The maximum absolute atomic E-state index is 7.36. The number of ether oxygens (including phenoxy) is 1. The molecule has 0 spiro atoms. The van der Waals surface area contributed by atoms with Crippen molar-refractivity contribution in [1.82, 2.24) is 10.2 Å². The largest absolute Gasteiger partial charge is 0.473 e. The van der Waals surface area contributed by atoms with Gasteiger partial charge in [-0.3, -0.25) is 5.41 Å². The summed E-state index contributed by atoms with van der Waals surface area (Å²) < 4.78 is 5.57. The van der Waals surface area contributed by atoms with E-state index in [-0.39, 0.29) is 11.9 Å². The van der Waals surface area contributed by atoms with Gasteiger partial charge in [-0.05, 0) is 18.9 Å². The van der Waals surface area contributed by atoms with E-state index >= 15 is 0 Å². The van der Waals surface area contributed by atoms with Crippen LogP contribution in [0.1, 0.15) is 26.3 Å². The first-order chi connectivity index (χ1) is 7.02. The van der Waals surface area contributed by atoms with Crippen LogP contribution in [0.4, 0.5) is 0 Å². The summed E-state index contributed by atoms with van der Waals surface area (Å²) in [7, 11) is 0. The molecule has 1 heterocycles. The summed E-state index contributed by atoms with van der Waals surface area (Å²) in [6.45, 7) is 6.05. The van der Waals surface area contributed by atoms with Crippen molar-refractivity contribution in [2.45, 2.75) is 26.9 Å². The maximum Gasteiger partial charge on any atom is 0.244 e. The van der Waals surface area contributed by atoms with E-state index in [1.807, 2.05) is 6.92 Å². The predicted molar refractivity (Wildman–Crippen MR) is 58.0 cm³/mol. The summed E-state index contributed by atoms with van der Waals surface area (Å²) in [6, 6.07) is 1.62. The zero-order valence-electron chi connectivity index (χ0n) is 9.19. The number of hydrogen-bond acceptors (Lipinski definition) is 4. The molecule has 0 bridgehead atoms. The second-order valence-electron chi connectivity index (χ2n) is 3.73. The van der Waals surface area contributed by atoms with Gasteiger partial charge < -0.3 is 10.5 Å². The molecule has 5 nitrogen and oxygen atoms in total. The van der Waals surface area contributed by atoms with Gasteiger partial charge in [-0.1, -0.05) is 13.8 Å². The fourth-order valence-electron chi connectivity index (χ4n) is 0.923. The molecular weight excluding hydrogens is 192 g/mol. The van der Waals surface area contributed by atoms with E-state index in [0.29, 0.717) is 17.4 Å². The van der Waals surface area contributed by atoms with E-state index in [0.717, 1.165) is 0 Å². The van der Waals surface area contributed by atoms with E-state index < -0.39 is 0 Å². The Morgan fingerprint density at radius 3 is 2.67 bits per heavy atom. The number of nitrogen functional groups attached to an aromatic ring is 1. The van der Waals surface area contributed by atoms with Gasteiger partial charge >= 0.3 is 0 Å². The highest BCUT2D eigenvalue weighted by Crippen LogP contribution is 2.16. The molecule has 1 aromatic rings. The van der Waals surface area contributed by atoms with Gasteiger partial charge in [0.25, 0.3) is 0 Å². The van der Waals surface area contributed by atoms with Crippen molar-refractivity contribution in [2.75, 3.05) is 0 Å².